The van der Waals surface area contributed by atoms with E-state index in [-0.39, 0.29) is 23.6 Å². The summed E-state index contributed by atoms with van der Waals surface area (Å²) < 4.78 is 10.6. The molecular formula is C22H17N3O5. The largest absolute Gasteiger partial charge is 0.508 e. The highest BCUT2D eigenvalue weighted by Crippen LogP contribution is 2.26. The van der Waals surface area contributed by atoms with Crippen molar-refractivity contribution in [3.05, 3.63) is 65.9 Å². The lowest BCUT2D eigenvalue weighted by atomic mass is 10.1. The molecule has 0 aliphatic rings. The monoisotopic (exact) mass is 403 g/mol. The maximum atomic E-state index is 12.4. The molecule has 2 heterocycles. The van der Waals surface area contributed by atoms with Gasteiger partial charge in [0.15, 0.2) is 17.7 Å². The number of phenolic OH excluding ortho intramolecular Hbond substituents is 1. The van der Waals surface area contributed by atoms with E-state index in [1.54, 1.807) is 18.2 Å². The molecular weight excluding hydrogens is 386 g/mol. The number of aromatic amines is 1. The molecule has 8 heteroatoms. The van der Waals surface area contributed by atoms with Gasteiger partial charge in [-0.3, -0.25) is 4.79 Å². The molecule has 0 saturated carbocycles. The summed E-state index contributed by atoms with van der Waals surface area (Å²) in [6.45, 7) is 1.47. The number of aliphatic hydroxyl groups excluding tert-OH is 1. The highest BCUT2D eigenvalue weighted by atomic mass is 16.6. The van der Waals surface area contributed by atoms with E-state index in [0.717, 1.165) is 5.52 Å². The fourth-order valence-electron chi connectivity index (χ4n) is 3.16. The highest BCUT2D eigenvalue weighted by molar-refractivity contribution is 5.87. The van der Waals surface area contributed by atoms with Crippen LogP contribution in [0, 0.1) is 11.3 Å². The van der Waals surface area contributed by atoms with E-state index < -0.39 is 17.8 Å². The standard InChI is InChI=1S/C22H17N3O5/c1-12(21(28)16(10-23)22-24-17-4-2-3-5-18(17)25-22)30-20(27)8-13-11-29-19-9-14(26)6-7-15(13)19/h2-7,9,11-12,26,28H,8H2,1H3,(H,24,25)/b21-16-/t12-/m0/s1. The molecule has 2 aromatic carbocycles. The van der Waals surface area contributed by atoms with Gasteiger partial charge in [-0.15, -0.1) is 0 Å². The van der Waals surface area contributed by atoms with Gasteiger partial charge in [-0.05, 0) is 31.2 Å². The molecule has 0 saturated heterocycles. The zero-order valence-electron chi connectivity index (χ0n) is 15.9. The number of rotatable bonds is 5. The second-order valence-corrected chi connectivity index (χ2v) is 6.72. The Morgan fingerprint density at radius 2 is 2.13 bits per heavy atom. The van der Waals surface area contributed by atoms with Crippen molar-refractivity contribution in [3.63, 3.8) is 0 Å². The number of carbonyl (C=O) groups excluding carboxylic acids is 1. The van der Waals surface area contributed by atoms with Crippen molar-refractivity contribution in [1.82, 2.24) is 9.97 Å². The summed E-state index contributed by atoms with van der Waals surface area (Å²) in [5, 5.41) is 30.2. The Hall–Kier alpha value is -4.25. The van der Waals surface area contributed by atoms with Gasteiger partial charge >= 0.3 is 5.97 Å². The number of furan rings is 1. The molecule has 0 bridgehead atoms. The predicted octanol–water partition coefficient (Wildman–Crippen LogP) is 3.98. The Bertz CT molecular complexity index is 1290. The normalized spacial score (nSPS) is 13.1. The van der Waals surface area contributed by atoms with Crippen molar-refractivity contribution >= 4 is 33.5 Å². The van der Waals surface area contributed by atoms with Crippen LogP contribution in [-0.2, 0) is 16.0 Å². The van der Waals surface area contributed by atoms with Crippen LogP contribution in [0.4, 0.5) is 0 Å². The molecule has 0 amide bonds. The average Bonchev–Trinajstić information content (AvgIpc) is 3.32. The maximum absolute atomic E-state index is 12.4. The van der Waals surface area contributed by atoms with Gasteiger partial charge in [0, 0.05) is 17.0 Å². The molecule has 3 N–H and O–H groups in total. The molecule has 8 nitrogen and oxygen atoms in total. The number of carbonyl (C=O) groups is 1. The number of aromatic hydroxyl groups is 1. The molecule has 0 radical (unpaired) electrons. The number of nitrogens with one attached hydrogen (secondary N) is 1. The first-order valence-electron chi connectivity index (χ1n) is 9.13. The smallest absolute Gasteiger partial charge is 0.311 e. The van der Waals surface area contributed by atoms with Crippen LogP contribution in [0.25, 0.3) is 27.6 Å². The summed E-state index contributed by atoms with van der Waals surface area (Å²) in [6.07, 6.45) is 0.269. The van der Waals surface area contributed by atoms with Gasteiger partial charge < -0.3 is 24.4 Å². The number of allylic oxidation sites excluding steroid dienone is 1. The lowest BCUT2D eigenvalue weighted by molar-refractivity contribution is -0.146. The molecule has 0 unspecified atom stereocenters. The second-order valence-electron chi connectivity index (χ2n) is 6.72. The number of esters is 1. The number of phenols is 1. The van der Waals surface area contributed by atoms with Crippen LogP contribution < -0.4 is 0 Å². The number of benzene rings is 2. The molecule has 4 aromatic rings. The van der Waals surface area contributed by atoms with Crippen molar-refractivity contribution in [2.75, 3.05) is 0 Å². The van der Waals surface area contributed by atoms with Crippen molar-refractivity contribution < 1.29 is 24.2 Å². The molecule has 4 rings (SSSR count). The molecule has 2 aromatic heterocycles. The number of para-hydroxylation sites is 2. The number of hydrogen-bond acceptors (Lipinski definition) is 7. The summed E-state index contributed by atoms with van der Waals surface area (Å²) in [6, 6.07) is 13.7. The Kier molecular flexibility index (Phi) is 4.86. The zero-order chi connectivity index (χ0) is 21.3. The second kappa shape index (κ2) is 7.64. The Balaban J connectivity index is 1.53. The number of ether oxygens (including phenoxy) is 1. The third-order valence-corrected chi connectivity index (χ3v) is 4.66. The number of aliphatic hydroxyl groups is 1. The number of nitrogens with zero attached hydrogens (tertiary/aromatic N) is 2. The van der Waals surface area contributed by atoms with Gasteiger partial charge in [0.2, 0.25) is 0 Å². The third kappa shape index (κ3) is 3.56. The molecule has 30 heavy (non-hydrogen) atoms. The Labute approximate surface area is 170 Å². The number of fused-ring (bicyclic) bond motifs is 2. The van der Waals surface area contributed by atoms with Crippen LogP contribution in [0.15, 0.2) is 58.9 Å². The minimum atomic E-state index is -1.05. The molecule has 1 atom stereocenters. The van der Waals surface area contributed by atoms with E-state index in [0.29, 0.717) is 22.0 Å². The van der Waals surface area contributed by atoms with Crippen LogP contribution in [0.1, 0.15) is 18.3 Å². The van der Waals surface area contributed by atoms with E-state index in [1.165, 1.54) is 25.3 Å². The first-order valence-corrected chi connectivity index (χ1v) is 9.13. The number of nitriles is 1. The SMILES string of the molecule is C[C@H](OC(=O)Cc1coc2cc(O)ccc12)/C(O)=C(\C#N)c1nc2ccccc2[nH]1. The zero-order valence-corrected chi connectivity index (χ0v) is 15.9. The first-order chi connectivity index (χ1) is 14.5. The molecule has 0 aliphatic carbocycles. The van der Waals surface area contributed by atoms with Crippen LogP contribution >= 0.6 is 0 Å². The van der Waals surface area contributed by atoms with Crippen LogP contribution in [0.5, 0.6) is 5.75 Å². The van der Waals surface area contributed by atoms with Crippen molar-refractivity contribution in [1.29, 1.82) is 5.26 Å². The van der Waals surface area contributed by atoms with Gasteiger partial charge in [0.05, 0.1) is 23.7 Å². The first kappa shape index (κ1) is 19.1. The topological polar surface area (TPSA) is 132 Å². The molecule has 0 fully saturated rings. The summed E-state index contributed by atoms with van der Waals surface area (Å²) >= 11 is 0. The fraction of sp³-hybridized carbons (Fsp3) is 0.136. The van der Waals surface area contributed by atoms with Crippen LogP contribution in [0.2, 0.25) is 0 Å². The number of H-pyrrole nitrogens is 1. The lowest BCUT2D eigenvalue weighted by Crippen LogP contribution is -2.19. The summed E-state index contributed by atoms with van der Waals surface area (Å²) in [5.74, 6) is -0.748. The van der Waals surface area contributed by atoms with E-state index in [9.17, 15) is 20.3 Å². The lowest BCUT2D eigenvalue weighted by Gasteiger charge is -2.13. The third-order valence-electron chi connectivity index (χ3n) is 4.66. The van der Waals surface area contributed by atoms with Gasteiger partial charge in [0.1, 0.15) is 23.0 Å². The Morgan fingerprint density at radius 3 is 2.90 bits per heavy atom. The summed E-state index contributed by atoms with van der Waals surface area (Å²) in [5.41, 5.74) is 2.30. The fourth-order valence-corrected chi connectivity index (χ4v) is 3.16. The van der Waals surface area contributed by atoms with Crippen LogP contribution in [-0.4, -0.2) is 32.3 Å². The van der Waals surface area contributed by atoms with Crippen molar-refractivity contribution in [2.24, 2.45) is 0 Å². The van der Waals surface area contributed by atoms with E-state index >= 15 is 0 Å². The van der Waals surface area contributed by atoms with Gasteiger partial charge in [-0.1, -0.05) is 12.1 Å². The van der Waals surface area contributed by atoms with Crippen LogP contribution in [0.3, 0.4) is 0 Å². The minimum Gasteiger partial charge on any atom is -0.508 e. The summed E-state index contributed by atoms with van der Waals surface area (Å²) in [7, 11) is 0. The van der Waals surface area contributed by atoms with E-state index in [4.69, 9.17) is 9.15 Å². The number of imidazole rings is 1. The number of aromatic nitrogens is 2. The predicted molar refractivity (Wildman–Crippen MR) is 108 cm³/mol. The van der Waals surface area contributed by atoms with Gasteiger partial charge in [0.25, 0.3) is 0 Å². The summed E-state index contributed by atoms with van der Waals surface area (Å²) in [4.78, 5) is 19.6. The van der Waals surface area contributed by atoms with Crippen molar-refractivity contribution in [2.45, 2.75) is 19.4 Å². The average molecular weight is 403 g/mol. The highest BCUT2D eigenvalue weighted by Gasteiger charge is 2.22. The Morgan fingerprint density at radius 1 is 1.33 bits per heavy atom. The molecule has 150 valence electrons. The molecule has 0 spiro atoms. The minimum absolute atomic E-state index is 0.0595. The maximum Gasteiger partial charge on any atom is 0.311 e. The van der Waals surface area contributed by atoms with Gasteiger partial charge in [-0.2, -0.15) is 5.26 Å². The quantitative estimate of drug-likeness (QED) is 0.261. The van der Waals surface area contributed by atoms with E-state index in [1.807, 2.05) is 18.2 Å². The number of hydrogen-bond donors (Lipinski definition) is 3. The molecule has 0 aliphatic heterocycles. The van der Waals surface area contributed by atoms with E-state index in [2.05, 4.69) is 9.97 Å². The van der Waals surface area contributed by atoms with Gasteiger partial charge in [-0.25, -0.2) is 4.98 Å². The van der Waals surface area contributed by atoms with Crippen molar-refractivity contribution in [3.8, 4) is 11.8 Å².